The Labute approximate surface area is 248 Å². The van der Waals surface area contributed by atoms with E-state index < -0.39 is 23.3 Å². The van der Waals surface area contributed by atoms with Crippen molar-refractivity contribution in [1.29, 1.82) is 0 Å². The summed E-state index contributed by atoms with van der Waals surface area (Å²) in [5.74, 6) is -1.72. The third kappa shape index (κ3) is 6.76. The van der Waals surface area contributed by atoms with Crippen LogP contribution in [0, 0.1) is 41.0 Å². The Hall–Kier alpha value is -3.08. The quantitative estimate of drug-likeness (QED) is 0.172. The number of allylic oxidation sites excluding steroid dienone is 2. The van der Waals surface area contributed by atoms with Crippen molar-refractivity contribution in [3.8, 4) is 16.9 Å². The van der Waals surface area contributed by atoms with E-state index in [1.165, 1.54) is 81.2 Å². The lowest BCUT2D eigenvalue weighted by atomic mass is 9.63. The molecular weight excluding hydrogens is 536 g/mol. The van der Waals surface area contributed by atoms with E-state index in [0.29, 0.717) is 18.8 Å². The molecule has 224 valence electrons. The van der Waals surface area contributed by atoms with Gasteiger partial charge in [-0.2, -0.15) is 4.39 Å². The standard InChI is InChI=1S/C37H42F4O/c1-3-5-6-8-27-17-18-31(35(39)34(27)38)32-19-20-33(37(41)36(32)40)42-23-25-10-12-26(13-11-25)29-16-15-28-21-24(7-4-2)9-14-30(28)22-29/h3,5,10-13,17-20,24,28-30H,4,6-9,14-16,21-23H2,1-2H3. The van der Waals surface area contributed by atoms with Crippen LogP contribution >= 0.6 is 0 Å². The average Bonchev–Trinajstić information content (AvgIpc) is 3.01. The van der Waals surface area contributed by atoms with Gasteiger partial charge in [0.2, 0.25) is 5.82 Å². The molecule has 2 aliphatic rings. The molecule has 0 spiro atoms. The van der Waals surface area contributed by atoms with Gasteiger partial charge in [0.25, 0.3) is 0 Å². The smallest absolute Gasteiger partial charge is 0.201 e. The Morgan fingerprint density at radius 1 is 0.762 bits per heavy atom. The van der Waals surface area contributed by atoms with Crippen LogP contribution in [0.5, 0.6) is 5.75 Å². The van der Waals surface area contributed by atoms with Crippen LogP contribution in [0.4, 0.5) is 17.6 Å². The third-order valence-electron chi connectivity index (χ3n) is 9.58. The Bertz CT molecular complexity index is 1380. The predicted octanol–water partition coefficient (Wildman–Crippen LogP) is 11.1. The first kappa shape index (κ1) is 30.4. The molecule has 3 aromatic carbocycles. The average molecular weight is 579 g/mol. The van der Waals surface area contributed by atoms with E-state index in [1.54, 1.807) is 0 Å². The summed E-state index contributed by atoms with van der Waals surface area (Å²) < 4.78 is 65.0. The zero-order valence-corrected chi connectivity index (χ0v) is 24.8. The normalized spacial score (nSPS) is 22.3. The molecule has 0 heterocycles. The lowest BCUT2D eigenvalue weighted by Gasteiger charge is -2.42. The van der Waals surface area contributed by atoms with Crippen molar-refractivity contribution in [3.05, 3.63) is 101 Å². The largest absolute Gasteiger partial charge is 0.486 e. The minimum absolute atomic E-state index is 0.0774. The predicted molar refractivity (Wildman–Crippen MR) is 161 cm³/mol. The highest BCUT2D eigenvalue weighted by molar-refractivity contribution is 5.66. The van der Waals surface area contributed by atoms with E-state index in [0.717, 1.165) is 23.3 Å². The van der Waals surface area contributed by atoms with E-state index in [2.05, 4.69) is 19.1 Å². The Balaban J connectivity index is 1.20. The highest BCUT2D eigenvalue weighted by Crippen LogP contribution is 2.48. The summed E-state index contributed by atoms with van der Waals surface area (Å²) in [4.78, 5) is 0. The molecular formula is C37H42F4O. The van der Waals surface area contributed by atoms with Gasteiger partial charge in [-0.05, 0) is 104 Å². The number of benzene rings is 3. The monoisotopic (exact) mass is 578 g/mol. The van der Waals surface area contributed by atoms with E-state index >= 15 is 4.39 Å². The van der Waals surface area contributed by atoms with Crippen LogP contribution in [-0.4, -0.2) is 0 Å². The molecule has 0 amide bonds. The van der Waals surface area contributed by atoms with Gasteiger partial charge in [-0.15, -0.1) is 0 Å². The molecule has 0 bridgehead atoms. The molecule has 1 nitrogen and oxygen atoms in total. The number of fused-ring (bicyclic) bond motifs is 1. The van der Waals surface area contributed by atoms with Crippen LogP contribution in [0.15, 0.2) is 60.7 Å². The van der Waals surface area contributed by atoms with Gasteiger partial charge in [0.1, 0.15) is 6.61 Å². The Kier molecular flexibility index (Phi) is 10.1. The molecule has 0 aromatic heterocycles. The second kappa shape index (κ2) is 13.9. The molecule has 0 radical (unpaired) electrons. The number of hydrogen-bond donors (Lipinski definition) is 0. The summed E-state index contributed by atoms with van der Waals surface area (Å²) in [6, 6.07) is 13.5. The highest BCUT2D eigenvalue weighted by Gasteiger charge is 2.35. The van der Waals surface area contributed by atoms with Crippen molar-refractivity contribution in [3.63, 3.8) is 0 Å². The van der Waals surface area contributed by atoms with Gasteiger partial charge in [-0.1, -0.05) is 74.7 Å². The first-order chi connectivity index (χ1) is 20.4. The summed E-state index contributed by atoms with van der Waals surface area (Å²) in [6.07, 6.45) is 15.2. The zero-order chi connectivity index (χ0) is 29.6. The van der Waals surface area contributed by atoms with Gasteiger partial charge in [0, 0.05) is 11.1 Å². The van der Waals surface area contributed by atoms with Crippen molar-refractivity contribution in [2.75, 3.05) is 0 Å². The molecule has 5 heteroatoms. The maximum Gasteiger partial charge on any atom is 0.201 e. The fourth-order valence-electron chi connectivity index (χ4n) is 7.25. The fraction of sp³-hybridized carbons (Fsp3) is 0.459. The fourth-order valence-corrected chi connectivity index (χ4v) is 7.25. The summed E-state index contributed by atoms with van der Waals surface area (Å²) in [7, 11) is 0. The van der Waals surface area contributed by atoms with Crippen LogP contribution < -0.4 is 4.74 Å². The summed E-state index contributed by atoms with van der Waals surface area (Å²) in [5, 5.41) is 0. The van der Waals surface area contributed by atoms with E-state index in [1.807, 2.05) is 31.2 Å². The van der Waals surface area contributed by atoms with E-state index in [4.69, 9.17) is 4.74 Å². The molecule has 0 N–H and O–H groups in total. The number of halogens is 4. The van der Waals surface area contributed by atoms with Gasteiger partial charge in [-0.3, -0.25) is 0 Å². The van der Waals surface area contributed by atoms with E-state index in [9.17, 15) is 13.2 Å². The van der Waals surface area contributed by atoms with Crippen LogP contribution in [0.1, 0.15) is 94.2 Å². The topological polar surface area (TPSA) is 9.23 Å². The lowest BCUT2D eigenvalue weighted by Crippen LogP contribution is -2.30. The SMILES string of the molecule is CC=CCCc1ccc(-c2ccc(OCc3ccc(C4CCC5CC(CCC)CCC5C4)cc3)c(F)c2F)c(F)c1F. The van der Waals surface area contributed by atoms with Crippen molar-refractivity contribution in [2.45, 2.75) is 90.6 Å². The first-order valence-corrected chi connectivity index (χ1v) is 15.7. The summed E-state index contributed by atoms with van der Waals surface area (Å²) in [5.41, 5.74) is 1.75. The molecule has 4 unspecified atom stereocenters. The molecule has 4 atom stereocenters. The first-order valence-electron chi connectivity index (χ1n) is 15.7. The second-order valence-corrected chi connectivity index (χ2v) is 12.3. The van der Waals surface area contributed by atoms with Crippen LogP contribution in [-0.2, 0) is 13.0 Å². The molecule has 5 rings (SSSR count). The molecule has 2 saturated carbocycles. The Morgan fingerprint density at radius 2 is 1.45 bits per heavy atom. The minimum atomic E-state index is -1.26. The van der Waals surface area contributed by atoms with Crippen LogP contribution in [0.3, 0.4) is 0 Å². The molecule has 3 aromatic rings. The maximum atomic E-state index is 15.0. The lowest BCUT2D eigenvalue weighted by molar-refractivity contribution is 0.114. The summed E-state index contributed by atoms with van der Waals surface area (Å²) in [6.45, 7) is 4.22. The van der Waals surface area contributed by atoms with E-state index in [-0.39, 0.29) is 29.0 Å². The van der Waals surface area contributed by atoms with Gasteiger partial charge in [-0.25, -0.2) is 13.2 Å². The molecule has 2 aliphatic carbocycles. The van der Waals surface area contributed by atoms with Gasteiger partial charge in [0.05, 0.1) is 0 Å². The van der Waals surface area contributed by atoms with Crippen molar-refractivity contribution < 1.29 is 22.3 Å². The zero-order valence-electron chi connectivity index (χ0n) is 24.8. The maximum absolute atomic E-state index is 15.0. The minimum Gasteiger partial charge on any atom is -0.486 e. The highest BCUT2D eigenvalue weighted by atomic mass is 19.2. The van der Waals surface area contributed by atoms with Crippen molar-refractivity contribution in [2.24, 2.45) is 17.8 Å². The van der Waals surface area contributed by atoms with Crippen molar-refractivity contribution in [1.82, 2.24) is 0 Å². The second-order valence-electron chi connectivity index (χ2n) is 12.3. The summed E-state index contributed by atoms with van der Waals surface area (Å²) >= 11 is 0. The third-order valence-corrected chi connectivity index (χ3v) is 9.58. The van der Waals surface area contributed by atoms with Crippen LogP contribution in [0.25, 0.3) is 11.1 Å². The van der Waals surface area contributed by atoms with Gasteiger partial charge in [0.15, 0.2) is 23.2 Å². The van der Waals surface area contributed by atoms with Crippen molar-refractivity contribution >= 4 is 0 Å². The number of rotatable bonds is 10. The van der Waals surface area contributed by atoms with Gasteiger partial charge >= 0.3 is 0 Å². The van der Waals surface area contributed by atoms with Crippen LogP contribution in [0.2, 0.25) is 0 Å². The molecule has 0 saturated heterocycles. The Morgan fingerprint density at radius 3 is 2.19 bits per heavy atom. The number of aryl methyl sites for hydroxylation is 1. The van der Waals surface area contributed by atoms with Gasteiger partial charge < -0.3 is 4.74 Å². The number of hydrogen-bond acceptors (Lipinski definition) is 1. The molecule has 42 heavy (non-hydrogen) atoms. The molecule has 0 aliphatic heterocycles. The molecule has 2 fully saturated rings. The number of ether oxygens (including phenoxy) is 1.